The maximum absolute atomic E-state index is 12.2. The van der Waals surface area contributed by atoms with Gasteiger partial charge in [0.15, 0.2) is 5.76 Å². The highest BCUT2D eigenvalue weighted by Gasteiger charge is 2.14. The molecule has 1 N–H and O–H groups in total. The number of hydrogen-bond donors (Lipinski definition) is 1. The molecule has 0 aliphatic carbocycles. The van der Waals surface area contributed by atoms with Crippen molar-refractivity contribution in [3.8, 4) is 0 Å². The van der Waals surface area contributed by atoms with Gasteiger partial charge in [-0.2, -0.15) is 5.10 Å². The smallest absolute Gasteiger partial charge is 0.307 e. The number of hydrogen-bond acceptors (Lipinski definition) is 5. The van der Waals surface area contributed by atoms with E-state index in [4.69, 9.17) is 4.42 Å². The molecule has 0 aliphatic heterocycles. The number of nitrogens with one attached hydrogen (secondary N) is 1. The number of nitro groups is 1. The average Bonchev–Trinajstić information content (AvgIpc) is 3.26. The SMILES string of the molecule is CCc1ccc(NC(=O)c2ccc(Cn3cc([N+](=O)[O-])cn3)o2)cc1. The predicted octanol–water partition coefficient (Wildman–Crippen LogP) is 3.25. The Balaban J connectivity index is 1.65. The molecular weight excluding hydrogens is 324 g/mol. The topological polar surface area (TPSA) is 103 Å². The molecule has 3 rings (SSSR count). The first-order valence-electron chi connectivity index (χ1n) is 7.71. The Bertz CT molecular complexity index is 896. The number of rotatable bonds is 6. The summed E-state index contributed by atoms with van der Waals surface area (Å²) in [6.07, 6.45) is 3.40. The van der Waals surface area contributed by atoms with E-state index in [0.717, 1.165) is 12.6 Å². The van der Waals surface area contributed by atoms with Crippen LogP contribution in [0.5, 0.6) is 0 Å². The molecule has 2 heterocycles. The van der Waals surface area contributed by atoms with Gasteiger partial charge in [0.1, 0.15) is 18.2 Å². The number of benzene rings is 1. The van der Waals surface area contributed by atoms with Crippen LogP contribution in [-0.4, -0.2) is 20.6 Å². The summed E-state index contributed by atoms with van der Waals surface area (Å²) in [5.74, 6) is 0.280. The van der Waals surface area contributed by atoms with Crippen LogP contribution in [0.15, 0.2) is 53.2 Å². The van der Waals surface area contributed by atoms with Crippen LogP contribution in [0.25, 0.3) is 0 Å². The molecular formula is C17H16N4O4. The fourth-order valence-corrected chi connectivity index (χ4v) is 2.29. The van der Waals surface area contributed by atoms with Crippen LogP contribution in [-0.2, 0) is 13.0 Å². The van der Waals surface area contributed by atoms with Crippen molar-refractivity contribution in [1.29, 1.82) is 0 Å². The molecule has 8 heteroatoms. The largest absolute Gasteiger partial charge is 0.454 e. The summed E-state index contributed by atoms with van der Waals surface area (Å²) in [6.45, 7) is 2.26. The molecule has 1 aromatic carbocycles. The van der Waals surface area contributed by atoms with E-state index in [0.29, 0.717) is 11.4 Å². The number of aryl methyl sites for hydroxylation is 1. The van der Waals surface area contributed by atoms with Crippen molar-refractivity contribution in [3.05, 3.63) is 76.0 Å². The van der Waals surface area contributed by atoms with Gasteiger partial charge >= 0.3 is 5.69 Å². The van der Waals surface area contributed by atoms with Gasteiger partial charge in [0, 0.05) is 5.69 Å². The van der Waals surface area contributed by atoms with Gasteiger partial charge in [-0.15, -0.1) is 0 Å². The average molecular weight is 340 g/mol. The summed E-state index contributed by atoms with van der Waals surface area (Å²) in [5, 5.41) is 17.3. The van der Waals surface area contributed by atoms with E-state index in [9.17, 15) is 14.9 Å². The van der Waals surface area contributed by atoms with E-state index >= 15 is 0 Å². The third-order valence-corrected chi connectivity index (χ3v) is 3.65. The van der Waals surface area contributed by atoms with E-state index in [2.05, 4.69) is 17.3 Å². The van der Waals surface area contributed by atoms with E-state index in [1.165, 1.54) is 16.4 Å². The molecule has 0 saturated carbocycles. The maximum atomic E-state index is 12.2. The van der Waals surface area contributed by atoms with Crippen molar-refractivity contribution in [2.45, 2.75) is 19.9 Å². The second-order valence-electron chi connectivity index (χ2n) is 5.42. The van der Waals surface area contributed by atoms with Crippen LogP contribution >= 0.6 is 0 Å². The quantitative estimate of drug-likeness (QED) is 0.548. The van der Waals surface area contributed by atoms with Crippen molar-refractivity contribution < 1.29 is 14.1 Å². The van der Waals surface area contributed by atoms with Gasteiger partial charge in [-0.25, -0.2) is 0 Å². The standard InChI is InChI=1S/C17H16N4O4/c1-2-12-3-5-13(6-4-12)19-17(22)16-8-7-15(25-16)11-20-10-14(9-18-20)21(23)24/h3-10H,2,11H2,1H3,(H,19,22). The van der Waals surface area contributed by atoms with Gasteiger partial charge in [0.25, 0.3) is 5.91 Å². The third-order valence-electron chi connectivity index (χ3n) is 3.65. The number of furan rings is 1. The summed E-state index contributed by atoms with van der Waals surface area (Å²) in [7, 11) is 0. The zero-order valence-electron chi connectivity index (χ0n) is 13.5. The Labute approximate surface area is 143 Å². The molecule has 3 aromatic rings. The lowest BCUT2D eigenvalue weighted by Crippen LogP contribution is -2.10. The second-order valence-corrected chi connectivity index (χ2v) is 5.42. The van der Waals surface area contributed by atoms with Crippen LogP contribution in [0.3, 0.4) is 0 Å². The minimum atomic E-state index is -0.520. The fraction of sp³-hybridized carbons (Fsp3) is 0.176. The van der Waals surface area contributed by atoms with Crippen molar-refractivity contribution in [2.24, 2.45) is 0 Å². The van der Waals surface area contributed by atoms with Gasteiger partial charge in [0.05, 0.1) is 11.5 Å². The highest BCUT2D eigenvalue weighted by atomic mass is 16.6. The zero-order chi connectivity index (χ0) is 17.8. The van der Waals surface area contributed by atoms with E-state index in [-0.39, 0.29) is 23.9 Å². The Morgan fingerprint density at radius 1 is 1.28 bits per heavy atom. The summed E-state index contributed by atoms with van der Waals surface area (Å²) in [6, 6.07) is 10.8. The zero-order valence-corrected chi connectivity index (χ0v) is 13.5. The number of anilines is 1. The normalized spacial score (nSPS) is 10.6. The molecule has 0 fully saturated rings. The van der Waals surface area contributed by atoms with Crippen molar-refractivity contribution >= 4 is 17.3 Å². The van der Waals surface area contributed by atoms with Crippen molar-refractivity contribution in [1.82, 2.24) is 9.78 Å². The Morgan fingerprint density at radius 3 is 2.68 bits per heavy atom. The maximum Gasteiger partial charge on any atom is 0.307 e. The molecule has 128 valence electrons. The van der Waals surface area contributed by atoms with Crippen LogP contribution in [0.4, 0.5) is 11.4 Å². The lowest BCUT2D eigenvalue weighted by molar-refractivity contribution is -0.385. The van der Waals surface area contributed by atoms with Gasteiger partial charge in [0.2, 0.25) is 0 Å². The molecule has 2 aromatic heterocycles. The van der Waals surface area contributed by atoms with Crippen molar-refractivity contribution in [2.75, 3.05) is 5.32 Å². The van der Waals surface area contributed by atoms with E-state index in [1.807, 2.05) is 24.3 Å². The first-order valence-corrected chi connectivity index (χ1v) is 7.71. The third kappa shape index (κ3) is 3.92. The Hall–Kier alpha value is -3.42. The molecule has 0 unspecified atom stereocenters. The van der Waals surface area contributed by atoms with Gasteiger partial charge in [-0.3, -0.25) is 19.6 Å². The van der Waals surface area contributed by atoms with Gasteiger partial charge in [-0.05, 0) is 36.2 Å². The summed E-state index contributed by atoms with van der Waals surface area (Å²) >= 11 is 0. The first kappa shape index (κ1) is 16.4. The fourth-order valence-electron chi connectivity index (χ4n) is 2.29. The van der Waals surface area contributed by atoms with Crippen LogP contribution < -0.4 is 5.32 Å². The van der Waals surface area contributed by atoms with Crippen LogP contribution in [0, 0.1) is 10.1 Å². The predicted molar refractivity (Wildman–Crippen MR) is 90.5 cm³/mol. The van der Waals surface area contributed by atoms with Crippen molar-refractivity contribution in [3.63, 3.8) is 0 Å². The van der Waals surface area contributed by atoms with Gasteiger partial charge in [-0.1, -0.05) is 19.1 Å². The van der Waals surface area contributed by atoms with Gasteiger partial charge < -0.3 is 9.73 Å². The summed E-state index contributed by atoms with van der Waals surface area (Å²) in [4.78, 5) is 22.3. The van der Waals surface area contributed by atoms with Crippen LogP contribution in [0.2, 0.25) is 0 Å². The lowest BCUT2D eigenvalue weighted by Gasteiger charge is -2.04. The number of carbonyl (C=O) groups is 1. The number of nitrogens with zero attached hydrogens (tertiary/aromatic N) is 3. The minimum Gasteiger partial charge on any atom is -0.454 e. The Morgan fingerprint density at radius 2 is 2.04 bits per heavy atom. The molecule has 1 amide bonds. The number of aromatic nitrogens is 2. The molecule has 0 saturated heterocycles. The molecule has 8 nitrogen and oxygen atoms in total. The molecule has 0 radical (unpaired) electrons. The number of amides is 1. The first-order chi connectivity index (χ1) is 12.0. The molecule has 25 heavy (non-hydrogen) atoms. The van der Waals surface area contributed by atoms with E-state index in [1.54, 1.807) is 12.1 Å². The molecule has 0 aliphatic rings. The molecule has 0 bridgehead atoms. The molecule has 0 atom stereocenters. The summed E-state index contributed by atoms with van der Waals surface area (Å²) < 4.78 is 6.87. The Kier molecular flexibility index (Phi) is 4.60. The second kappa shape index (κ2) is 7.00. The van der Waals surface area contributed by atoms with Crippen LogP contribution in [0.1, 0.15) is 28.8 Å². The lowest BCUT2D eigenvalue weighted by atomic mass is 10.1. The minimum absolute atomic E-state index is 0.0972. The monoisotopic (exact) mass is 340 g/mol. The summed E-state index contributed by atoms with van der Waals surface area (Å²) in [5.41, 5.74) is 1.77. The highest BCUT2D eigenvalue weighted by molar-refractivity contribution is 6.02. The highest BCUT2D eigenvalue weighted by Crippen LogP contribution is 2.15. The molecule has 0 spiro atoms. The van der Waals surface area contributed by atoms with E-state index < -0.39 is 4.92 Å². The number of carbonyl (C=O) groups excluding carboxylic acids is 1.